The zero-order chi connectivity index (χ0) is 13.3. The van der Waals surface area contributed by atoms with Crippen molar-refractivity contribution >= 4 is 27.7 Å². The fourth-order valence-electron chi connectivity index (χ4n) is 2.48. The number of aryl methyl sites for hydroxylation is 1. The Kier molecular flexibility index (Phi) is 3.43. The van der Waals surface area contributed by atoms with Crippen molar-refractivity contribution in [1.82, 2.24) is 5.32 Å². The van der Waals surface area contributed by atoms with Crippen LogP contribution in [0.2, 0.25) is 0 Å². The van der Waals surface area contributed by atoms with E-state index in [1.807, 2.05) is 18.2 Å². The van der Waals surface area contributed by atoms with Crippen molar-refractivity contribution in [2.75, 3.05) is 0 Å². The molecule has 0 saturated heterocycles. The summed E-state index contributed by atoms with van der Waals surface area (Å²) in [5.41, 5.74) is 6.80. The molecule has 1 aliphatic carbocycles. The van der Waals surface area contributed by atoms with Gasteiger partial charge in [-0.3, -0.25) is 9.59 Å². The Balaban J connectivity index is 2.35. The number of hydrogen-bond donors (Lipinski definition) is 2. The van der Waals surface area contributed by atoms with Crippen LogP contribution in [0.25, 0.3) is 0 Å². The minimum atomic E-state index is -0.938. The second-order valence-corrected chi connectivity index (χ2v) is 5.63. The number of nitrogens with two attached hydrogens (primary N) is 1. The molecule has 2 rings (SSSR count). The molecule has 0 aromatic heterocycles. The highest BCUT2D eigenvalue weighted by Gasteiger charge is 2.40. The fourth-order valence-corrected chi connectivity index (χ4v) is 2.89. The summed E-state index contributed by atoms with van der Waals surface area (Å²) in [6, 6.07) is 5.95. The van der Waals surface area contributed by atoms with Crippen molar-refractivity contribution in [2.45, 2.75) is 31.7 Å². The number of carbonyl (C=O) groups excluding carboxylic acids is 2. The van der Waals surface area contributed by atoms with E-state index in [0.717, 1.165) is 16.5 Å². The fraction of sp³-hybridized carbons (Fsp3) is 0.385. The quantitative estimate of drug-likeness (QED) is 0.864. The second-order valence-electron chi connectivity index (χ2n) is 4.72. The van der Waals surface area contributed by atoms with Gasteiger partial charge in [0.05, 0.1) is 0 Å². The van der Waals surface area contributed by atoms with Crippen molar-refractivity contribution in [3.05, 3.63) is 33.8 Å². The Bertz CT molecular complexity index is 516. The van der Waals surface area contributed by atoms with Gasteiger partial charge in [0.1, 0.15) is 5.54 Å². The standard InChI is InChI=1S/C13H15BrN2O2/c1-8(17)16-13(12(15)18)5-4-9-6-11(14)3-2-10(9)7-13/h2-3,6H,4-5,7H2,1H3,(H2,15,18)(H,16,17). The van der Waals surface area contributed by atoms with Crippen LogP contribution in [-0.2, 0) is 22.4 Å². The number of amides is 2. The van der Waals surface area contributed by atoms with Gasteiger partial charge < -0.3 is 11.1 Å². The Labute approximate surface area is 114 Å². The highest BCUT2D eigenvalue weighted by molar-refractivity contribution is 9.10. The largest absolute Gasteiger partial charge is 0.368 e. The summed E-state index contributed by atoms with van der Waals surface area (Å²) in [6.45, 7) is 1.40. The van der Waals surface area contributed by atoms with Gasteiger partial charge in [0.2, 0.25) is 11.8 Å². The summed E-state index contributed by atoms with van der Waals surface area (Å²) in [4.78, 5) is 22.9. The zero-order valence-electron chi connectivity index (χ0n) is 10.1. The molecule has 1 aliphatic rings. The van der Waals surface area contributed by atoms with E-state index in [4.69, 9.17) is 5.73 Å². The Morgan fingerprint density at radius 3 is 2.72 bits per heavy atom. The molecule has 0 spiro atoms. The van der Waals surface area contributed by atoms with Crippen LogP contribution in [0.1, 0.15) is 24.5 Å². The molecular formula is C13H15BrN2O2. The van der Waals surface area contributed by atoms with Crippen LogP contribution >= 0.6 is 15.9 Å². The monoisotopic (exact) mass is 310 g/mol. The van der Waals surface area contributed by atoms with Gasteiger partial charge in [0, 0.05) is 17.8 Å². The molecular weight excluding hydrogens is 296 g/mol. The van der Waals surface area contributed by atoms with Gasteiger partial charge in [-0.05, 0) is 36.1 Å². The van der Waals surface area contributed by atoms with Crippen LogP contribution < -0.4 is 11.1 Å². The summed E-state index contributed by atoms with van der Waals surface area (Å²) in [5.74, 6) is -0.694. The molecule has 5 heteroatoms. The molecule has 1 atom stereocenters. The molecule has 1 aromatic rings. The number of nitrogens with one attached hydrogen (secondary N) is 1. The summed E-state index contributed by atoms with van der Waals surface area (Å²) in [5, 5.41) is 2.72. The number of fused-ring (bicyclic) bond motifs is 1. The highest BCUT2D eigenvalue weighted by Crippen LogP contribution is 2.30. The Hall–Kier alpha value is -1.36. The zero-order valence-corrected chi connectivity index (χ0v) is 11.7. The van der Waals surface area contributed by atoms with Gasteiger partial charge in [-0.2, -0.15) is 0 Å². The van der Waals surface area contributed by atoms with Crippen molar-refractivity contribution in [3.8, 4) is 0 Å². The molecule has 18 heavy (non-hydrogen) atoms. The van der Waals surface area contributed by atoms with Crippen LogP contribution in [0.3, 0.4) is 0 Å². The van der Waals surface area contributed by atoms with Crippen LogP contribution in [0.15, 0.2) is 22.7 Å². The summed E-state index contributed by atoms with van der Waals surface area (Å²) in [6.07, 6.45) is 1.74. The predicted octanol–water partition coefficient (Wildman–Crippen LogP) is 1.30. The van der Waals surface area contributed by atoms with E-state index in [2.05, 4.69) is 21.2 Å². The third-order valence-corrected chi connectivity index (χ3v) is 3.86. The van der Waals surface area contributed by atoms with E-state index in [1.165, 1.54) is 12.5 Å². The van der Waals surface area contributed by atoms with E-state index < -0.39 is 11.4 Å². The minimum absolute atomic E-state index is 0.227. The average molecular weight is 311 g/mol. The molecule has 0 fully saturated rings. The Morgan fingerprint density at radius 2 is 2.11 bits per heavy atom. The summed E-state index contributed by atoms with van der Waals surface area (Å²) in [7, 11) is 0. The molecule has 0 radical (unpaired) electrons. The molecule has 0 heterocycles. The topological polar surface area (TPSA) is 72.2 Å². The van der Waals surface area contributed by atoms with Gasteiger partial charge in [-0.25, -0.2) is 0 Å². The first kappa shape index (κ1) is 13.1. The normalized spacial score (nSPS) is 22.1. The second kappa shape index (κ2) is 4.72. The first-order valence-electron chi connectivity index (χ1n) is 5.79. The number of rotatable bonds is 2. The SMILES string of the molecule is CC(=O)NC1(C(N)=O)CCc2cc(Br)ccc2C1. The lowest BCUT2D eigenvalue weighted by atomic mass is 9.77. The number of hydrogen-bond acceptors (Lipinski definition) is 2. The number of halogens is 1. The van der Waals surface area contributed by atoms with E-state index >= 15 is 0 Å². The van der Waals surface area contributed by atoms with E-state index in [1.54, 1.807) is 0 Å². The molecule has 1 unspecified atom stereocenters. The number of primary amides is 1. The molecule has 0 saturated carbocycles. The van der Waals surface area contributed by atoms with Crippen molar-refractivity contribution in [3.63, 3.8) is 0 Å². The van der Waals surface area contributed by atoms with Gasteiger partial charge in [-0.15, -0.1) is 0 Å². The first-order chi connectivity index (χ1) is 8.43. The predicted molar refractivity (Wildman–Crippen MR) is 71.9 cm³/mol. The molecule has 0 aliphatic heterocycles. The van der Waals surface area contributed by atoms with Gasteiger partial charge in [0.25, 0.3) is 0 Å². The van der Waals surface area contributed by atoms with E-state index in [9.17, 15) is 9.59 Å². The van der Waals surface area contributed by atoms with Gasteiger partial charge in [0.15, 0.2) is 0 Å². The maximum absolute atomic E-state index is 11.7. The van der Waals surface area contributed by atoms with Crippen molar-refractivity contribution in [1.29, 1.82) is 0 Å². The van der Waals surface area contributed by atoms with Gasteiger partial charge in [-0.1, -0.05) is 22.0 Å². The van der Waals surface area contributed by atoms with Crippen LogP contribution in [0.5, 0.6) is 0 Å². The smallest absolute Gasteiger partial charge is 0.243 e. The lowest BCUT2D eigenvalue weighted by Gasteiger charge is -2.36. The van der Waals surface area contributed by atoms with E-state index in [0.29, 0.717) is 12.8 Å². The van der Waals surface area contributed by atoms with Crippen LogP contribution in [0.4, 0.5) is 0 Å². The molecule has 2 amide bonds. The van der Waals surface area contributed by atoms with Crippen molar-refractivity contribution < 1.29 is 9.59 Å². The summed E-state index contributed by atoms with van der Waals surface area (Å²) >= 11 is 3.43. The van der Waals surface area contributed by atoms with Gasteiger partial charge >= 0.3 is 0 Å². The first-order valence-corrected chi connectivity index (χ1v) is 6.58. The molecule has 3 N–H and O–H groups in total. The molecule has 96 valence electrons. The molecule has 0 bridgehead atoms. The van der Waals surface area contributed by atoms with Crippen LogP contribution in [-0.4, -0.2) is 17.4 Å². The third kappa shape index (κ3) is 2.41. The highest BCUT2D eigenvalue weighted by atomic mass is 79.9. The molecule has 4 nitrogen and oxygen atoms in total. The third-order valence-electron chi connectivity index (χ3n) is 3.37. The van der Waals surface area contributed by atoms with E-state index in [-0.39, 0.29) is 5.91 Å². The summed E-state index contributed by atoms with van der Waals surface area (Å²) < 4.78 is 1.02. The maximum atomic E-state index is 11.7. The lowest BCUT2D eigenvalue weighted by molar-refractivity contribution is -0.131. The minimum Gasteiger partial charge on any atom is -0.368 e. The number of benzene rings is 1. The lowest BCUT2D eigenvalue weighted by Crippen LogP contribution is -2.60. The average Bonchev–Trinajstić information content (AvgIpc) is 2.28. The molecule has 1 aromatic carbocycles. The Morgan fingerprint density at radius 1 is 1.39 bits per heavy atom. The van der Waals surface area contributed by atoms with Crippen molar-refractivity contribution in [2.24, 2.45) is 5.73 Å². The van der Waals surface area contributed by atoms with Crippen LogP contribution in [0, 0.1) is 0 Å². The number of carbonyl (C=O) groups is 2. The maximum Gasteiger partial charge on any atom is 0.243 e.